The fourth-order valence-corrected chi connectivity index (χ4v) is 10.5. The van der Waals surface area contributed by atoms with Crippen LogP contribution in [0.3, 0.4) is 0 Å². The van der Waals surface area contributed by atoms with Crippen molar-refractivity contribution >= 4 is 64.4 Å². The van der Waals surface area contributed by atoms with Crippen LogP contribution in [-0.2, 0) is 59.0 Å². The Bertz CT molecular complexity index is 2810. The SMILES string of the molecule is COc1cccc2c1C(=O)c1c(O)c3c(c(O)c1C2=O)C[C@@](O)(C(=O)CO)C[C@@H]3O[C@H]1C[C@H](NC(=O)[C@@H](CC(=O)[C@H](CC(N)=O)NC(=O)[C@H](C)CC(=O)[C@H](C)NC(=O)CCCCCN2C(=O)C=CC2=O)CC(C)C)[C@H](O)[C@H](C)O1. The number of hydrogen-bond donors (Lipinski definition) is 9. The van der Waals surface area contributed by atoms with Gasteiger partial charge in [-0.3, -0.25) is 57.6 Å². The topological polar surface area (TPSA) is 382 Å². The lowest BCUT2D eigenvalue weighted by Crippen LogP contribution is -2.57. The summed E-state index contributed by atoms with van der Waals surface area (Å²) in [4.78, 5) is 145. The van der Waals surface area contributed by atoms with Crippen LogP contribution in [0.25, 0.3) is 0 Å². The maximum atomic E-state index is 14.2. The first-order chi connectivity index (χ1) is 37.2. The molecule has 2 aliphatic heterocycles. The Morgan fingerprint density at radius 1 is 0.861 bits per heavy atom. The molecule has 0 unspecified atom stereocenters. The molecule has 0 radical (unpaired) electrons. The van der Waals surface area contributed by atoms with E-state index in [0.29, 0.717) is 19.3 Å². The lowest BCUT2D eigenvalue weighted by atomic mass is 9.72. The van der Waals surface area contributed by atoms with Crippen molar-refractivity contribution in [3.63, 3.8) is 0 Å². The van der Waals surface area contributed by atoms with E-state index >= 15 is 0 Å². The fraction of sp³-hybridized carbons (Fsp3) is 0.545. The zero-order chi connectivity index (χ0) is 58.4. The largest absolute Gasteiger partial charge is 0.507 e. The summed E-state index contributed by atoms with van der Waals surface area (Å²) in [5.41, 5.74) is 0.879. The molecule has 0 aromatic heterocycles. The Morgan fingerprint density at radius 2 is 1.53 bits per heavy atom. The Morgan fingerprint density at radius 3 is 2.16 bits per heavy atom. The summed E-state index contributed by atoms with van der Waals surface area (Å²) in [7, 11) is 1.27. The summed E-state index contributed by atoms with van der Waals surface area (Å²) in [6.07, 6.45) is -4.88. The zero-order valence-corrected chi connectivity index (χ0v) is 44.8. The number of aliphatic hydroxyl groups excluding tert-OH is 2. The molecule has 2 aromatic rings. The Balaban J connectivity index is 1.12. The van der Waals surface area contributed by atoms with Gasteiger partial charge in [-0.1, -0.05) is 39.3 Å². The Labute approximate surface area is 454 Å². The van der Waals surface area contributed by atoms with Gasteiger partial charge in [-0.2, -0.15) is 0 Å². The first kappa shape index (κ1) is 61.0. The van der Waals surface area contributed by atoms with E-state index in [4.69, 9.17) is 19.9 Å². The highest BCUT2D eigenvalue weighted by molar-refractivity contribution is 6.31. The molecule has 24 nitrogen and oxygen atoms in total. The molecule has 0 saturated carbocycles. The zero-order valence-electron chi connectivity index (χ0n) is 44.8. The fourth-order valence-electron chi connectivity index (χ4n) is 10.5. The number of hydrogen-bond acceptors (Lipinski definition) is 19. The van der Waals surface area contributed by atoms with Gasteiger partial charge < -0.3 is 61.4 Å². The average molecular weight is 1100 g/mol. The minimum Gasteiger partial charge on any atom is -0.507 e. The number of amides is 6. The predicted octanol–water partition coefficient (Wildman–Crippen LogP) is 0.726. The molecule has 2 aliphatic carbocycles. The van der Waals surface area contributed by atoms with Gasteiger partial charge in [0.25, 0.3) is 11.8 Å². The lowest BCUT2D eigenvalue weighted by Gasteiger charge is -2.43. The highest BCUT2D eigenvalue weighted by Crippen LogP contribution is 2.52. The second kappa shape index (κ2) is 25.7. The normalized spacial score (nSPS) is 23.0. The number of rotatable bonds is 26. The van der Waals surface area contributed by atoms with Crippen LogP contribution in [0.2, 0.25) is 0 Å². The van der Waals surface area contributed by atoms with E-state index in [1.807, 2.05) is 0 Å². The van der Waals surface area contributed by atoms with E-state index in [9.17, 15) is 78.3 Å². The van der Waals surface area contributed by atoms with Crippen LogP contribution >= 0.6 is 0 Å². The van der Waals surface area contributed by atoms with Gasteiger partial charge in [0.1, 0.15) is 35.6 Å². The van der Waals surface area contributed by atoms with Crippen LogP contribution in [0.5, 0.6) is 17.2 Å². The Hall–Kier alpha value is -7.25. The van der Waals surface area contributed by atoms with E-state index in [1.165, 1.54) is 58.2 Å². The number of carbonyl (C=O) groups is 11. The molecule has 4 aliphatic rings. The number of aliphatic hydroxyl groups is 3. The minimum absolute atomic E-state index is 0.00305. The van der Waals surface area contributed by atoms with Crippen LogP contribution < -0.4 is 26.4 Å². The van der Waals surface area contributed by atoms with Gasteiger partial charge in [0.2, 0.25) is 29.4 Å². The van der Waals surface area contributed by atoms with E-state index in [1.54, 1.807) is 13.8 Å². The first-order valence-electron chi connectivity index (χ1n) is 26.2. The maximum Gasteiger partial charge on any atom is 0.253 e. The number of phenolic OH excluding ortho intramolecular Hbond substituents is 2. The predicted molar refractivity (Wildman–Crippen MR) is 275 cm³/mol. The summed E-state index contributed by atoms with van der Waals surface area (Å²) in [5.74, 6) is -11.8. The average Bonchev–Trinajstić information content (AvgIpc) is 3.45. The van der Waals surface area contributed by atoms with Crippen LogP contribution in [0, 0.1) is 17.8 Å². The molecule has 2 heterocycles. The third-order valence-corrected chi connectivity index (χ3v) is 14.8. The van der Waals surface area contributed by atoms with Crippen LogP contribution in [0.4, 0.5) is 0 Å². The molecule has 0 bridgehead atoms. The molecule has 428 valence electrons. The van der Waals surface area contributed by atoms with Gasteiger partial charge in [-0.05, 0) is 45.1 Å². The number of aromatic hydroxyl groups is 2. The van der Waals surface area contributed by atoms with Gasteiger partial charge in [-0.25, -0.2) is 0 Å². The van der Waals surface area contributed by atoms with Crippen molar-refractivity contribution in [2.24, 2.45) is 23.5 Å². The van der Waals surface area contributed by atoms with Gasteiger partial charge in [0.05, 0.1) is 60.6 Å². The van der Waals surface area contributed by atoms with Crippen molar-refractivity contribution in [3.05, 3.63) is 63.7 Å². The number of ether oxygens (including phenoxy) is 3. The number of Topliss-reactive ketones (excluding diaryl/α,β-unsaturated/α-hetero) is 3. The number of nitrogens with zero attached hydrogens (tertiary/aromatic N) is 1. The Kier molecular flexibility index (Phi) is 19.8. The number of nitrogens with one attached hydrogen (secondary N) is 3. The molecular weight excluding hydrogens is 1030 g/mol. The monoisotopic (exact) mass is 1100 g/mol. The van der Waals surface area contributed by atoms with Gasteiger partial charge >= 0.3 is 0 Å². The molecule has 2 aromatic carbocycles. The number of phenols is 2. The van der Waals surface area contributed by atoms with Crippen LogP contribution in [0.1, 0.15) is 148 Å². The molecular formula is C55H69N5O19. The smallest absolute Gasteiger partial charge is 0.253 e. The second-order valence-electron chi connectivity index (χ2n) is 21.2. The van der Waals surface area contributed by atoms with Gasteiger partial charge in [-0.15, -0.1) is 0 Å². The number of methoxy groups -OCH3 is 1. The molecule has 6 amide bonds. The molecule has 79 heavy (non-hydrogen) atoms. The van der Waals surface area contributed by atoms with Crippen molar-refractivity contribution in [2.75, 3.05) is 20.3 Å². The van der Waals surface area contributed by atoms with Crippen LogP contribution in [-0.4, -0.2) is 157 Å². The third kappa shape index (κ3) is 13.8. The van der Waals surface area contributed by atoms with E-state index in [-0.39, 0.29) is 66.1 Å². The number of unbranched alkanes of at least 4 members (excludes halogenated alkanes) is 2. The molecule has 10 N–H and O–H groups in total. The minimum atomic E-state index is -2.46. The van der Waals surface area contributed by atoms with Crippen molar-refractivity contribution in [2.45, 2.75) is 154 Å². The summed E-state index contributed by atoms with van der Waals surface area (Å²) in [6.45, 7) is 6.92. The van der Waals surface area contributed by atoms with Crippen molar-refractivity contribution < 1.29 is 92.5 Å². The molecule has 10 atom stereocenters. The molecule has 1 saturated heterocycles. The standard InChI is InChI=1S/C55H69N5O19/c1-25(2)17-29(19-35(63)32(20-39(56)65)58-53(74)26(3)18-34(62)27(4)57-40(66)13-8-7-9-16-60-41(67)14-15-42(60)68)54(75)59-33-21-43(78-28(5)48(33)69)79-37-23-55(76,38(64)24-61)22-31-45(37)52(73)47-46(50(31)71)49(70)30-11-10-12-36(77-6)44(30)51(47)72/h10-12,14-15,25-29,32-33,37,43,48,61,69,71,73,76H,7-9,13,16-24H2,1-6H3,(H2,56,65)(H,57,66)(H,58,74)(H,59,75)/t26-,27+,28+,29-,32+,33+,37+,43+,48-,55+/m1/s1. The third-order valence-electron chi connectivity index (χ3n) is 14.8. The second-order valence-corrected chi connectivity index (χ2v) is 21.2. The highest BCUT2D eigenvalue weighted by atomic mass is 16.7. The van der Waals surface area contributed by atoms with E-state index in [2.05, 4.69) is 16.0 Å². The van der Waals surface area contributed by atoms with Crippen molar-refractivity contribution in [1.82, 2.24) is 20.9 Å². The maximum absolute atomic E-state index is 14.2. The first-order valence-corrected chi connectivity index (χ1v) is 26.2. The summed E-state index contributed by atoms with van der Waals surface area (Å²) in [6, 6.07) is 0.503. The number of carbonyl (C=O) groups excluding carboxylic acids is 11. The number of benzene rings is 2. The molecule has 0 spiro atoms. The van der Waals surface area contributed by atoms with Gasteiger partial charge in [0, 0.05) is 85.7 Å². The molecule has 24 heteroatoms. The molecule has 6 rings (SSSR count). The summed E-state index contributed by atoms with van der Waals surface area (Å²) < 4.78 is 17.6. The number of imide groups is 1. The summed E-state index contributed by atoms with van der Waals surface area (Å²) in [5, 5.41) is 64.5. The van der Waals surface area contributed by atoms with Crippen LogP contribution in [0.15, 0.2) is 30.4 Å². The van der Waals surface area contributed by atoms with E-state index < -0.39 is 179 Å². The number of nitrogens with two attached hydrogens (primary N) is 1. The van der Waals surface area contributed by atoms with Crippen molar-refractivity contribution in [3.8, 4) is 17.2 Å². The number of ketones is 5. The quantitative estimate of drug-likeness (QED) is 0.0304. The highest BCUT2D eigenvalue weighted by Gasteiger charge is 2.51. The summed E-state index contributed by atoms with van der Waals surface area (Å²) >= 11 is 0. The molecule has 1 fully saturated rings. The lowest BCUT2D eigenvalue weighted by molar-refractivity contribution is -0.249. The number of fused-ring (bicyclic) bond motifs is 3. The van der Waals surface area contributed by atoms with Gasteiger partial charge in [0.15, 0.2) is 29.4 Å². The van der Waals surface area contributed by atoms with E-state index in [0.717, 1.165) is 4.90 Å². The van der Waals surface area contributed by atoms with Crippen molar-refractivity contribution in [1.29, 1.82) is 0 Å². The number of primary amides is 1.